The third-order valence-electron chi connectivity index (χ3n) is 5.01. The van der Waals surface area contributed by atoms with E-state index in [9.17, 15) is 9.59 Å². The van der Waals surface area contributed by atoms with Crippen molar-refractivity contribution in [2.75, 3.05) is 11.9 Å². The van der Waals surface area contributed by atoms with Crippen molar-refractivity contribution in [3.05, 3.63) is 50.9 Å². The van der Waals surface area contributed by atoms with Crippen LogP contribution >= 0.6 is 11.3 Å². The number of ether oxygens (including phenoxy) is 1. The molecular formula is C22H27NO3S. The molecule has 0 spiro atoms. The van der Waals surface area contributed by atoms with E-state index in [1.165, 1.54) is 11.3 Å². The first-order valence-corrected chi connectivity index (χ1v) is 10.5. The Bertz CT molecular complexity index is 853. The number of fused-ring (bicyclic) bond motifs is 1. The maximum atomic E-state index is 12.7. The molecule has 1 aromatic carbocycles. The molecule has 1 amide bonds. The average Bonchev–Trinajstić information content (AvgIpc) is 2.79. The molecule has 0 saturated carbocycles. The van der Waals surface area contributed by atoms with Crippen LogP contribution in [0.4, 0.5) is 5.00 Å². The number of anilines is 1. The van der Waals surface area contributed by atoms with Crippen molar-refractivity contribution in [1.82, 2.24) is 0 Å². The molecule has 1 aliphatic carbocycles. The summed E-state index contributed by atoms with van der Waals surface area (Å²) in [6.07, 6.45) is 5.54. The molecule has 144 valence electrons. The van der Waals surface area contributed by atoms with Gasteiger partial charge in [0, 0.05) is 4.88 Å². The predicted molar refractivity (Wildman–Crippen MR) is 110 cm³/mol. The number of aryl methyl sites for hydroxylation is 3. The third-order valence-corrected chi connectivity index (χ3v) is 6.22. The number of carbonyl (C=O) groups excluding carboxylic acids is 2. The van der Waals surface area contributed by atoms with Crippen molar-refractivity contribution in [1.29, 1.82) is 0 Å². The number of thiophene rings is 1. The summed E-state index contributed by atoms with van der Waals surface area (Å²) in [4.78, 5) is 26.5. The molecule has 3 rings (SSSR count). The number of hydrogen-bond acceptors (Lipinski definition) is 4. The first-order valence-electron chi connectivity index (χ1n) is 9.67. The van der Waals surface area contributed by atoms with Gasteiger partial charge >= 0.3 is 5.97 Å². The summed E-state index contributed by atoms with van der Waals surface area (Å²) >= 11 is 1.54. The number of esters is 1. The highest BCUT2D eigenvalue weighted by molar-refractivity contribution is 7.17. The molecule has 0 radical (unpaired) electrons. The van der Waals surface area contributed by atoms with Gasteiger partial charge in [0.05, 0.1) is 18.6 Å². The Kier molecular flexibility index (Phi) is 6.32. The van der Waals surface area contributed by atoms with E-state index in [0.717, 1.165) is 47.9 Å². The van der Waals surface area contributed by atoms with Crippen molar-refractivity contribution >= 4 is 28.2 Å². The number of amides is 1. The zero-order valence-corrected chi connectivity index (χ0v) is 17.1. The fourth-order valence-electron chi connectivity index (χ4n) is 3.58. The van der Waals surface area contributed by atoms with Crippen LogP contribution in [-0.2, 0) is 28.8 Å². The molecule has 2 aromatic rings. The summed E-state index contributed by atoms with van der Waals surface area (Å²) in [5, 5.41) is 3.65. The van der Waals surface area contributed by atoms with E-state index >= 15 is 0 Å². The third kappa shape index (κ3) is 4.59. The van der Waals surface area contributed by atoms with Crippen molar-refractivity contribution in [3.63, 3.8) is 0 Å². The Morgan fingerprint density at radius 3 is 2.70 bits per heavy atom. The Morgan fingerprint density at radius 2 is 1.93 bits per heavy atom. The average molecular weight is 386 g/mol. The van der Waals surface area contributed by atoms with E-state index < -0.39 is 0 Å². The van der Waals surface area contributed by atoms with Gasteiger partial charge in [-0.25, -0.2) is 4.79 Å². The highest BCUT2D eigenvalue weighted by Crippen LogP contribution is 2.38. The van der Waals surface area contributed by atoms with Gasteiger partial charge in [0.25, 0.3) is 0 Å². The van der Waals surface area contributed by atoms with Crippen molar-refractivity contribution in [3.8, 4) is 0 Å². The highest BCUT2D eigenvalue weighted by atomic mass is 32.1. The Balaban J connectivity index is 1.86. The van der Waals surface area contributed by atoms with Crippen molar-refractivity contribution in [2.45, 2.75) is 59.3 Å². The van der Waals surface area contributed by atoms with Gasteiger partial charge in [-0.1, -0.05) is 30.2 Å². The molecule has 0 bridgehead atoms. The van der Waals surface area contributed by atoms with E-state index in [1.807, 2.05) is 39.0 Å². The molecule has 0 aliphatic heterocycles. The van der Waals surface area contributed by atoms with E-state index in [0.29, 0.717) is 23.6 Å². The first kappa shape index (κ1) is 19.6. The minimum atomic E-state index is -0.320. The SMILES string of the molecule is CCOC(=O)c1c(NC(=O)Cc2cc(C)ccc2C)sc2c1CCCCC2. The molecule has 0 unspecified atom stereocenters. The summed E-state index contributed by atoms with van der Waals surface area (Å²) < 4.78 is 5.28. The monoisotopic (exact) mass is 385 g/mol. The van der Waals surface area contributed by atoms with Crippen LogP contribution in [0.25, 0.3) is 0 Å². The molecule has 1 heterocycles. The fraction of sp³-hybridized carbons (Fsp3) is 0.455. The van der Waals surface area contributed by atoms with Crippen LogP contribution in [0.15, 0.2) is 18.2 Å². The topological polar surface area (TPSA) is 55.4 Å². The second-order valence-electron chi connectivity index (χ2n) is 7.14. The minimum absolute atomic E-state index is 0.0920. The molecule has 1 N–H and O–H groups in total. The second-order valence-corrected chi connectivity index (χ2v) is 8.25. The van der Waals surface area contributed by atoms with Gasteiger partial charge in [-0.15, -0.1) is 11.3 Å². The molecule has 1 aromatic heterocycles. The molecule has 27 heavy (non-hydrogen) atoms. The van der Waals surface area contributed by atoms with Crippen LogP contribution in [0.3, 0.4) is 0 Å². The summed E-state index contributed by atoms with van der Waals surface area (Å²) in [7, 11) is 0. The number of carbonyl (C=O) groups is 2. The lowest BCUT2D eigenvalue weighted by molar-refractivity contribution is -0.115. The smallest absolute Gasteiger partial charge is 0.341 e. The maximum Gasteiger partial charge on any atom is 0.341 e. The second kappa shape index (κ2) is 8.70. The molecule has 0 fully saturated rings. The van der Waals surface area contributed by atoms with Gasteiger partial charge in [0.2, 0.25) is 5.91 Å². The minimum Gasteiger partial charge on any atom is -0.462 e. The molecular weight excluding hydrogens is 358 g/mol. The van der Waals surface area contributed by atoms with E-state index in [4.69, 9.17) is 4.74 Å². The molecule has 4 nitrogen and oxygen atoms in total. The van der Waals surface area contributed by atoms with Gasteiger partial charge < -0.3 is 10.1 Å². The van der Waals surface area contributed by atoms with Gasteiger partial charge in [-0.2, -0.15) is 0 Å². The molecule has 0 saturated heterocycles. The highest BCUT2D eigenvalue weighted by Gasteiger charge is 2.26. The van der Waals surface area contributed by atoms with Gasteiger partial charge in [-0.3, -0.25) is 4.79 Å². The van der Waals surface area contributed by atoms with E-state index in [1.54, 1.807) is 11.3 Å². The standard InChI is InChI=1S/C22H27NO3S/c1-4-26-22(25)20-17-8-6-5-7-9-18(17)27-21(20)23-19(24)13-16-12-14(2)10-11-15(16)3/h10-12H,4-9,13H2,1-3H3,(H,23,24). The molecule has 5 heteroatoms. The molecule has 0 atom stereocenters. The van der Waals surface area contributed by atoms with Crippen molar-refractivity contribution in [2.24, 2.45) is 0 Å². The Labute approximate surface area is 164 Å². The fourth-order valence-corrected chi connectivity index (χ4v) is 4.88. The number of rotatable bonds is 5. The van der Waals surface area contributed by atoms with Gasteiger partial charge in [-0.05, 0) is 63.1 Å². The quantitative estimate of drug-likeness (QED) is 0.583. The largest absolute Gasteiger partial charge is 0.462 e. The summed E-state index contributed by atoms with van der Waals surface area (Å²) in [6.45, 7) is 6.18. The lowest BCUT2D eigenvalue weighted by Gasteiger charge is -2.10. The number of nitrogens with one attached hydrogen (secondary N) is 1. The van der Waals surface area contributed by atoms with E-state index in [2.05, 4.69) is 5.32 Å². The lowest BCUT2D eigenvalue weighted by Crippen LogP contribution is -2.17. The van der Waals surface area contributed by atoms with Crippen LogP contribution in [0.5, 0.6) is 0 Å². The maximum absolute atomic E-state index is 12.7. The lowest BCUT2D eigenvalue weighted by atomic mass is 10.0. The summed E-state index contributed by atoms with van der Waals surface area (Å²) in [6, 6.07) is 6.13. The van der Waals surface area contributed by atoms with Crippen molar-refractivity contribution < 1.29 is 14.3 Å². The van der Waals surface area contributed by atoms with Crippen LogP contribution in [-0.4, -0.2) is 18.5 Å². The predicted octanol–water partition coefficient (Wildman–Crippen LogP) is 4.99. The molecule has 1 aliphatic rings. The van der Waals surface area contributed by atoms with Crippen LogP contribution in [0.1, 0.15) is 63.7 Å². The number of hydrogen-bond donors (Lipinski definition) is 1. The van der Waals surface area contributed by atoms with Crippen LogP contribution in [0.2, 0.25) is 0 Å². The number of benzene rings is 1. The summed E-state index contributed by atoms with van der Waals surface area (Å²) in [5.41, 5.74) is 4.91. The van der Waals surface area contributed by atoms with Gasteiger partial charge in [0.15, 0.2) is 0 Å². The zero-order valence-electron chi connectivity index (χ0n) is 16.3. The van der Waals surface area contributed by atoms with E-state index in [-0.39, 0.29) is 11.9 Å². The summed E-state index contributed by atoms with van der Waals surface area (Å²) in [5.74, 6) is -0.412. The Hall–Kier alpha value is -2.14. The van der Waals surface area contributed by atoms with Gasteiger partial charge in [0.1, 0.15) is 5.00 Å². The Morgan fingerprint density at radius 1 is 1.15 bits per heavy atom. The van der Waals surface area contributed by atoms with Crippen LogP contribution < -0.4 is 5.32 Å². The first-order chi connectivity index (χ1) is 13.0. The zero-order chi connectivity index (χ0) is 19.4. The van der Waals surface area contributed by atoms with Crippen LogP contribution in [0, 0.1) is 13.8 Å². The normalized spacial score (nSPS) is 13.6.